The van der Waals surface area contributed by atoms with E-state index in [1.165, 1.54) is 19.3 Å². The zero-order valence-electron chi connectivity index (χ0n) is 11.7. The van der Waals surface area contributed by atoms with E-state index in [0.29, 0.717) is 6.61 Å². The van der Waals surface area contributed by atoms with Crippen LogP contribution in [-0.2, 0) is 9.53 Å². The van der Waals surface area contributed by atoms with E-state index in [4.69, 9.17) is 4.74 Å². The Hall–Kier alpha value is -0.570. The number of hydrogen-bond donors (Lipinski definition) is 0. The molecule has 1 fully saturated rings. The number of likely N-dealkylation sites (tertiary alicyclic amines) is 1. The zero-order chi connectivity index (χ0) is 12.8. The lowest BCUT2D eigenvalue weighted by atomic mass is 9.89. The first-order valence-corrected chi connectivity index (χ1v) is 6.97. The molecule has 1 aliphatic rings. The molecule has 2 unspecified atom stereocenters. The van der Waals surface area contributed by atoms with Gasteiger partial charge in [0.1, 0.15) is 6.04 Å². The van der Waals surface area contributed by atoms with E-state index in [2.05, 4.69) is 18.7 Å². The predicted molar refractivity (Wildman–Crippen MR) is 69.8 cm³/mol. The minimum Gasteiger partial charge on any atom is -0.465 e. The lowest BCUT2D eigenvalue weighted by Crippen LogP contribution is -2.40. The average Bonchev–Trinajstić information content (AvgIpc) is 2.53. The van der Waals surface area contributed by atoms with Crippen LogP contribution in [0.1, 0.15) is 47.0 Å². The van der Waals surface area contributed by atoms with Gasteiger partial charge in [-0.15, -0.1) is 0 Å². The number of hydrogen-bond acceptors (Lipinski definition) is 3. The summed E-state index contributed by atoms with van der Waals surface area (Å²) in [6, 6.07) is -0.0825. The second-order valence-corrected chi connectivity index (χ2v) is 5.40. The first-order chi connectivity index (χ1) is 8.06. The van der Waals surface area contributed by atoms with Crippen LogP contribution in [0, 0.1) is 11.8 Å². The summed E-state index contributed by atoms with van der Waals surface area (Å²) in [5, 5.41) is 0. The Labute approximate surface area is 106 Å². The van der Waals surface area contributed by atoms with Gasteiger partial charge in [-0.2, -0.15) is 0 Å². The van der Waals surface area contributed by atoms with Crippen molar-refractivity contribution in [1.29, 1.82) is 0 Å². The quantitative estimate of drug-likeness (QED) is 0.709. The molecule has 3 heteroatoms. The SMILES string of the molecule is CCOC(=O)C(C)N1CCCC(C(C)C)CC1. The molecule has 0 bridgehead atoms. The molecule has 1 saturated heterocycles. The van der Waals surface area contributed by atoms with Crippen LogP contribution in [0.15, 0.2) is 0 Å². The first kappa shape index (κ1) is 14.5. The molecule has 0 N–H and O–H groups in total. The van der Waals surface area contributed by atoms with Crippen molar-refractivity contribution in [3.63, 3.8) is 0 Å². The molecule has 1 aliphatic heterocycles. The third-order valence-corrected chi connectivity index (χ3v) is 3.93. The van der Waals surface area contributed by atoms with Gasteiger partial charge in [0.25, 0.3) is 0 Å². The van der Waals surface area contributed by atoms with Gasteiger partial charge in [0.2, 0.25) is 0 Å². The van der Waals surface area contributed by atoms with Crippen LogP contribution < -0.4 is 0 Å². The van der Waals surface area contributed by atoms with E-state index < -0.39 is 0 Å². The van der Waals surface area contributed by atoms with Gasteiger partial charge in [-0.1, -0.05) is 13.8 Å². The summed E-state index contributed by atoms with van der Waals surface area (Å²) in [5.41, 5.74) is 0. The number of carbonyl (C=O) groups is 1. The minimum absolute atomic E-state index is 0.0736. The van der Waals surface area contributed by atoms with Crippen LogP contribution in [0.3, 0.4) is 0 Å². The van der Waals surface area contributed by atoms with Crippen LogP contribution >= 0.6 is 0 Å². The molecule has 2 atom stereocenters. The molecule has 100 valence electrons. The average molecular weight is 241 g/mol. The number of rotatable bonds is 4. The third-order valence-electron chi connectivity index (χ3n) is 3.93. The molecule has 0 spiro atoms. The van der Waals surface area contributed by atoms with Crippen LogP contribution in [0.2, 0.25) is 0 Å². The highest BCUT2D eigenvalue weighted by Gasteiger charge is 2.26. The zero-order valence-corrected chi connectivity index (χ0v) is 11.7. The molecule has 0 aromatic heterocycles. The molecule has 3 nitrogen and oxygen atoms in total. The number of esters is 1. The molecule has 0 saturated carbocycles. The molecule has 17 heavy (non-hydrogen) atoms. The maximum Gasteiger partial charge on any atom is 0.323 e. The van der Waals surface area contributed by atoms with E-state index in [1.54, 1.807) is 0 Å². The van der Waals surface area contributed by atoms with Gasteiger partial charge in [0.05, 0.1) is 6.61 Å². The standard InChI is InChI=1S/C14H27NO2/c1-5-17-14(16)12(4)15-9-6-7-13(8-10-15)11(2)3/h11-13H,5-10H2,1-4H3. The highest BCUT2D eigenvalue weighted by Crippen LogP contribution is 2.25. The lowest BCUT2D eigenvalue weighted by Gasteiger charge is -2.26. The van der Waals surface area contributed by atoms with Crippen molar-refractivity contribution in [2.45, 2.75) is 53.0 Å². The van der Waals surface area contributed by atoms with Crippen molar-refractivity contribution in [3.8, 4) is 0 Å². The predicted octanol–water partition coefficient (Wildman–Crippen LogP) is 2.70. The minimum atomic E-state index is -0.0825. The number of nitrogens with zero attached hydrogens (tertiary/aromatic N) is 1. The van der Waals surface area contributed by atoms with Crippen molar-refractivity contribution < 1.29 is 9.53 Å². The molecule has 0 amide bonds. The van der Waals surface area contributed by atoms with E-state index in [-0.39, 0.29) is 12.0 Å². The van der Waals surface area contributed by atoms with Gasteiger partial charge in [-0.3, -0.25) is 9.69 Å². The largest absolute Gasteiger partial charge is 0.465 e. The summed E-state index contributed by atoms with van der Waals surface area (Å²) in [7, 11) is 0. The Morgan fingerprint density at radius 2 is 2.00 bits per heavy atom. The van der Waals surface area contributed by atoms with Gasteiger partial charge in [0.15, 0.2) is 0 Å². The molecule has 0 radical (unpaired) electrons. The highest BCUT2D eigenvalue weighted by molar-refractivity contribution is 5.75. The van der Waals surface area contributed by atoms with E-state index >= 15 is 0 Å². The summed E-state index contributed by atoms with van der Waals surface area (Å²) >= 11 is 0. The Bertz CT molecular complexity index is 240. The fourth-order valence-electron chi connectivity index (χ4n) is 2.61. The summed E-state index contributed by atoms with van der Waals surface area (Å²) < 4.78 is 5.09. The fourth-order valence-corrected chi connectivity index (χ4v) is 2.61. The maximum atomic E-state index is 11.7. The summed E-state index contributed by atoms with van der Waals surface area (Å²) in [4.78, 5) is 14.0. The summed E-state index contributed by atoms with van der Waals surface area (Å²) in [6.07, 6.45) is 3.71. The highest BCUT2D eigenvalue weighted by atomic mass is 16.5. The first-order valence-electron chi connectivity index (χ1n) is 6.97. The van der Waals surface area contributed by atoms with Crippen LogP contribution in [-0.4, -0.2) is 36.6 Å². The second-order valence-electron chi connectivity index (χ2n) is 5.40. The van der Waals surface area contributed by atoms with Crippen LogP contribution in [0.4, 0.5) is 0 Å². The Morgan fingerprint density at radius 3 is 2.59 bits per heavy atom. The summed E-state index contributed by atoms with van der Waals surface area (Å²) in [6.45, 7) is 11.0. The van der Waals surface area contributed by atoms with Crippen molar-refractivity contribution in [1.82, 2.24) is 4.90 Å². The molecular weight excluding hydrogens is 214 g/mol. The number of carbonyl (C=O) groups excluding carboxylic acids is 1. The molecule has 0 aliphatic carbocycles. The molecule has 0 aromatic rings. The van der Waals surface area contributed by atoms with E-state index in [9.17, 15) is 4.79 Å². The fraction of sp³-hybridized carbons (Fsp3) is 0.929. The lowest BCUT2D eigenvalue weighted by molar-refractivity contribution is -0.148. The van der Waals surface area contributed by atoms with E-state index in [1.807, 2.05) is 13.8 Å². The molecule has 1 rings (SSSR count). The third kappa shape index (κ3) is 4.30. The smallest absolute Gasteiger partial charge is 0.323 e. The Kier molecular flexibility index (Phi) is 5.96. The van der Waals surface area contributed by atoms with Crippen LogP contribution in [0.5, 0.6) is 0 Å². The van der Waals surface area contributed by atoms with Crippen molar-refractivity contribution in [2.24, 2.45) is 11.8 Å². The van der Waals surface area contributed by atoms with Crippen molar-refractivity contribution in [3.05, 3.63) is 0 Å². The van der Waals surface area contributed by atoms with Gasteiger partial charge >= 0.3 is 5.97 Å². The monoisotopic (exact) mass is 241 g/mol. The van der Waals surface area contributed by atoms with E-state index in [0.717, 1.165) is 24.9 Å². The second kappa shape index (κ2) is 7.00. The van der Waals surface area contributed by atoms with Gasteiger partial charge in [0, 0.05) is 0 Å². The van der Waals surface area contributed by atoms with Crippen molar-refractivity contribution >= 4 is 5.97 Å². The van der Waals surface area contributed by atoms with Gasteiger partial charge < -0.3 is 4.74 Å². The number of ether oxygens (including phenoxy) is 1. The van der Waals surface area contributed by atoms with Crippen molar-refractivity contribution in [2.75, 3.05) is 19.7 Å². The molecular formula is C14H27NO2. The molecule has 0 aromatic carbocycles. The molecule has 1 heterocycles. The Balaban J connectivity index is 2.47. The Morgan fingerprint density at radius 1 is 1.29 bits per heavy atom. The topological polar surface area (TPSA) is 29.5 Å². The maximum absolute atomic E-state index is 11.7. The summed E-state index contributed by atoms with van der Waals surface area (Å²) in [5.74, 6) is 1.50. The van der Waals surface area contributed by atoms with Crippen LogP contribution in [0.25, 0.3) is 0 Å². The van der Waals surface area contributed by atoms with Gasteiger partial charge in [-0.05, 0) is 58.0 Å². The normalized spacial score (nSPS) is 24.4. The van der Waals surface area contributed by atoms with Gasteiger partial charge in [-0.25, -0.2) is 0 Å².